The SMILES string of the molecule is O=[N+]([O-])c1cccc(-c2csc3nccc[n+]23)c1. The zero-order valence-corrected chi connectivity index (χ0v) is 10.0. The van der Waals surface area contributed by atoms with Crippen LogP contribution in [0.4, 0.5) is 5.69 Å². The monoisotopic (exact) mass is 258 g/mol. The Kier molecular flexibility index (Phi) is 2.49. The van der Waals surface area contributed by atoms with Crippen molar-refractivity contribution in [1.82, 2.24) is 4.98 Å². The molecule has 5 nitrogen and oxygen atoms in total. The maximum atomic E-state index is 10.8. The highest BCUT2D eigenvalue weighted by Crippen LogP contribution is 2.23. The van der Waals surface area contributed by atoms with Crippen LogP contribution in [0.2, 0.25) is 0 Å². The average Bonchev–Trinajstić information content (AvgIpc) is 2.82. The molecule has 88 valence electrons. The third-order valence-corrected chi connectivity index (χ3v) is 3.45. The van der Waals surface area contributed by atoms with E-state index >= 15 is 0 Å². The predicted octanol–water partition coefficient (Wildman–Crippen LogP) is 2.46. The molecule has 2 heterocycles. The fourth-order valence-electron chi connectivity index (χ4n) is 1.78. The zero-order valence-electron chi connectivity index (χ0n) is 9.19. The Balaban J connectivity index is 2.20. The topological polar surface area (TPSA) is 60.1 Å². The smallest absolute Gasteiger partial charge is 0.258 e. The summed E-state index contributed by atoms with van der Waals surface area (Å²) in [6.07, 6.45) is 3.62. The van der Waals surface area contributed by atoms with Gasteiger partial charge < -0.3 is 0 Å². The second-order valence-electron chi connectivity index (χ2n) is 3.70. The van der Waals surface area contributed by atoms with Gasteiger partial charge in [0.25, 0.3) is 5.69 Å². The van der Waals surface area contributed by atoms with Crippen LogP contribution in [0.3, 0.4) is 0 Å². The number of nitro benzene ring substituents is 1. The van der Waals surface area contributed by atoms with Gasteiger partial charge in [-0.3, -0.25) is 10.1 Å². The molecule has 0 aliphatic carbocycles. The van der Waals surface area contributed by atoms with Gasteiger partial charge in [0.05, 0.1) is 4.92 Å². The fourth-order valence-corrected chi connectivity index (χ4v) is 2.64. The van der Waals surface area contributed by atoms with Crippen LogP contribution in [-0.2, 0) is 0 Å². The summed E-state index contributed by atoms with van der Waals surface area (Å²) in [5, 5.41) is 12.7. The summed E-state index contributed by atoms with van der Waals surface area (Å²) in [7, 11) is 0. The van der Waals surface area contributed by atoms with Gasteiger partial charge in [0.2, 0.25) is 0 Å². The van der Waals surface area contributed by atoms with Gasteiger partial charge in [0.15, 0.2) is 5.69 Å². The average molecular weight is 258 g/mol. The standard InChI is InChI=1S/C12H8N3O2S/c16-15(17)10-4-1-3-9(7-10)11-8-18-12-13-5-2-6-14(11)12/h1-8H/q+1. The zero-order chi connectivity index (χ0) is 12.5. The molecule has 0 aliphatic heterocycles. The Bertz CT molecular complexity index is 739. The molecule has 0 aliphatic rings. The van der Waals surface area contributed by atoms with Crippen molar-refractivity contribution in [2.75, 3.05) is 0 Å². The Hall–Kier alpha value is -2.34. The first-order valence-electron chi connectivity index (χ1n) is 5.24. The van der Waals surface area contributed by atoms with Crippen LogP contribution in [0.1, 0.15) is 0 Å². The van der Waals surface area contributed by atoms with Crippen molar-refractivity contribution in [3.05, 3.63) is 58.2 Å². The van der Waals surface area contributed by atoms with E-state index in [-0.39, 0.29) is 10.6 Å². The molecule has 0 atom stereocenters. The first-order valence-corrected chi connectivity index (χ1v) is 6.12. The summed E-state index contributed by atoms with van der Waals surface area (Å²) in [5.74, 6) is 0. The van der Waals surface area contributed by atoms with Gasteiger partial charge in [-0.2, -0.15) is 4.40 Å². The summed E-state index contributed by atoms with van der Waals surface area (Å²) in [6.45, 7) is 0. The second kappa shape index (κ2) is 4.15. The van der Waals surface area contributed by atoms with Crippen molar-refractivity contribution in [1.29, 1.82) is 0 Å². The van der Waals surface area contributed by atoms with Crippen molar-refractivity contribution in [2.24, 2.45) is 0 Å². The molecule has 0 saturated heterocycles. The van der Waals surface area contributed by atoms with Crippen LogP contribution < -0.4 is 4.40 Å². The Morgan fingerprint density at radius 2 is 2.22 bits per heavy atom. The lowest BCUT2D eigenvalue weighted by Crippen LogP contribution is -2.21. The molecule has 0 bridgehead atoms. The van der Waals surface area contributed by atoms with Crippen molar-refractivity contribution < 1.29 is 9.32 Å². The predicted molar refractivity (Wildman–Crippen MR) is 67.4 cm³/mol. The summed E-state index contributed by atoms with van der Waals surface area (Å²) in [4.78, 5) is 15.5. The molecule has 2 aromatic heterocycles. The number of hydrogen-bond acceptors (Lipinski definition) is 4. The van der Waals surface area contributed by atoms with Crippen LogP contribution in [0.15, 0.2) is 48.1 Å². The number of thiazole rings is 1. The molecule has 0 amide bonds. The van der Waals surface area contributed by atoms with Crippen molar-refractivity contribution >= 4 is 22.0 Å². The molecule has 6 heteroatoms. The Morgan fingerprint density at radius 3 is 3.06 bits per heavy atom. The lowest BCUT2D eigenvalue weighted by Gasteiger charge is -1.96. The minimum absolute atomic E-state index is 0.0938. The highest BCUT2D eigenvalue weighted by atomic mass is 32.1. The van der Waals surface area contributed by atoms with Gasteiger partial charge in [-0.25, -0.2) is 0 Å². The summed E-state index contributed by atoms with van der Waals surface area (Å²) >= 11 is 1.51. The number of fused-ring (bicyclic) bond motifs is 1. The highest BCUT2D eigenvalue weighted by Gasteiger charge is 2.15. The first-order chi connectivity index (χ1) is 8.75. The molecular weight excluding hydrogens is 250 g/mol. The molecule has 0 spiro atoms. The second-order valence-corrected chi connectivity index (χ2v) is 4.54. The number of aromatic nitrogens is 2. The lowest BCUT2D eigenvalue weighted by molar-refractivity contribution is -0.497. The molecule has 1 aromatic carbocycles. The van der Waals surface area contributed by atoms with E-state index < -0.39 is 0 Å². The number of non-ortho nitro benzene ring substituents is 1. The number of benzene rings is 1. The number of nitrogens with zero attached hydrogens (tertiary/aromatic N) is 3. The van der Waals surface area contributed by atoms with Gasteiger partial charge in [-0.15, -0.1) is 0 Å². The van der Waals surface area contributed by atoms with Gasteiger partial charge in [-0.1, -0.05) is 23.5 Å². The van der Waals surface area contributed by atoms with Gasteiger partial charge >= 0.3 is 4.96 Å². The van der Waals surface area contributed by atoms with Gasteiger partial charge in [-0.05, 0) is 4.98 Å². The molecular formula is C12H8N3O2S+. The van der Waals surface area contributed by atoms with E-state index in [1.165, 1.54) is 17.4 Å². The first kappa shape index (κ1) is 10.8. The van der Waals surface area contributed by atoms with Crippen LogP contribution in [0.5, 0.6) is 0 Å². The fraction of sp³-hybridized carbons (Fsp3) is 0. The summed E-state index contributed by atoms with van der Waals surface area (Å²) < 4.78 is 1.92. The molecule has 0 fully saturated rings. The molecule has 0 unspecified atom stereocenters. The van der Waals surface area contributed by atoms with Crippen LogP contribution in [-0.4, -0.2) is 9.91 Å². The van der Waals surface area contributed by atoms with E-state index in [1.807, 2.05) is 28.1 Å². The molecule has 0 radical (unpaired) electrons. The third kappa shape index (κ3) is 1.72. The van der Waals surface area contributed by atoms with Crippen LogP contribution >= 0.6 is 11.3 Å². The molecule has 0 N–H and O–H groups in total. The molecule has 3 aromatic rings. The van der Waals surface area contributed by atoms with Crippen molar-refractivity contribution in [3.8, 4) is 11.3 Å². The maximum Gasteiger partial charge on any atom is 0.387 e. The van der Waals surface area contributed by atoms with E-state index in [0.29, 0.717) is 0 Å². The molecule has 18 heavy (non-hydrogen) atoms. The van der Waals surface area contributed by atoms with Gasteiger partial charge in [0.1, 0.15) is 12.4 Å². The maximum absolute atomic E-state index is 10.8. The Morgan fingerprint density at radius 1 is 1.33 bits per heavy atom. The van der Waals surface area contributed by atoms with E-state index in [2.05, 4.69) is 4.98 Å². The number of hydrogen-bond donors (Lipinski definition) is 0. The van der Waals surface area contributed by atoms with E-state index in [0.717, 1.165) is 16.2 Å². The van der Waals surface area contributed by atoms with Crippen molar-refractivity contribution in [2.45, 2.75) is 0 Å². The highest BCUT2D eigenvalue weighted by molar-refractivity contribution is 7.14. The largest absolute Gasteiger partial charge is 0.387 e. The summed E-state index contributed by atoms with van der Waals surface area (Å²) in [5.41, 5.74) is 1.82. The molecule has 3 rings (SSSR count). The quantitative estimate of drug-likeness (QED) is 0.403. The van der Waals surface area contributed by atoms with Crippen LogP contribution in [0.25, 0.3) is 16.2 Å². The van der Waals surface area contributed by atoms with Crippen LogP contribution in [0, 0.1) is 10.1 Å². The third-order valence-electron chi connectivity index (χ3n) is 2.60. The minimum Gasteiger partial charge on any atom is -0.258 e. The number of rotatable bonds is 2. The van der Waals surface area contributed by atoms with E-state index in [9.17, 15) is 10.1 Å². The van der Waals surface area contributed by atoms with E-state index in [1.54, 1.807) is 18.3 Å². The minimum atomic E-state index is -0.388. The van der Waals surface area contributed by atoms with E-state index in [4.69, 9.17) is 0 Å². The molecule has 0 saturated carbocycles. The normalized spacial score (nSPS) is 10.7. The van der Waals surface area contributed by atoms with Gasteiger partial charge in [0, 0.05) is 29.1 Å². The number of nitro groups is 1. The lowest BCUT2D eigenvalue weighted by atomic mass is 10.1. The Labute approximate surface area is 106 Å². The summed E-state index contributed by atoms with van der Waals surface area (Å²) in [6, 6.07) is 8.44. The van der Waals surface area contributed by atoms with Crippen molar-refractivity contribution in [3.63, 3.8) is 0 Å².